The number of rotatable bonds is 15. The largest absolute Gasteiger partial charge is 0.343 e. The van der Waals surface area contributed by atoms with Crippen molar-refractivity contribution in [1.29, 1.82) is 0 Å². The molecular formula is C61H111N11O11. The summed E-state index contributed by atoms with van der Waals surface area (Å²) in [6.07, 6.45) is 1.79. The predicted molar refractivity (Wildman–Crippen MR) is 323 cm³/mol. The van der Waals surface area contributed by atoms with Gasteiger partial charge in [-0.15, -0.1) is 0 Å². The van der Waals surface area contributed by atoms with Gasteiger partial charge in [0, 0.05) is 49.3 Å². The second kappa shape index (κ2) is 34.2. The highest BCUT2D eigenvalue weighted by Gasteiger charge is 2.43. The Morgan fingerprint density at radius 1 is 0.361 bits per heavy atom. The molecular weight excluding hydrogens is 1060 g/mol. The first-order valence-corrected chi connectivity index (χ1v) is 30.3. The fourth-order valence-electron chi connectivity index (χ4n) is 10.5. The van der Waals surface area contributed by atoms with Gasteiger partial charge in [0.2, 0.25) is 65.0 Å². The Morgan fingerprint density at radius 2 is 0.663 bits per heavy atom. The molecule has 4 N–H and O–H groups in total. The Hall–Kier alpha value is -5.83. The first kappa shape index (κ1) is 75.2. The van der Waals surface area contributed by atoms with Crippen molar-refractivity contribution in [3.8, 4) is 0 Å². The molecule has 1 rings (SSSR count). The molecule has 0 saturated carbocycles. The van der Waals surface area contributed by atoms with Crippen LogP contribution in [0.3, 0.4) is 0 Å². The molecule has 22 nitrogen and oxygen atoms in total. The van der Waals surface area contributed by atoms with E-state index in [2.05, 4.69) is 21.3 Å². The fraction of sp³-hybridized carbons (Fsp3) is 0.820. The van der Waals surface area contributed by atoms with Crippen LogP contribution in [0, 0.1) is 41.4 Å². The van der Waals surface area contributed by atoms with Crippen LogP contribution in [0.15, 0.2) is 0 Å². The molecule has 1 aliphatic heterocycles. The van der Waals surface area contributed by atoms with E-state index in [1.54, 1.807) is 13.8 Å². The van der Waals surface area contributed by atoms with E-state index >= 15 is 9.59 Å². The quantitative estimate of drug-likeness (QED) is 0.181. The summed E-state index contributed by atoms with van der Waals surface area (Å²) < 4.78 is 0. The second-order valence-electron chi connectivity index (χ2n) is 26.4. The van der Waals surface area contributed by atoms with Gasteiger partial charge in [-0.25, -0.2) is 0 Å². The van der Waals surface area contributed by atoms with E-state index in [9.17, 15) is 43.2 Å². The highest BCUT2D eigenvalue weighted by Crippen LogP contribution is 2.25. The van der Waals surface area contributed by atoms with E-state index in [4.69, 9.17) is 0 Å². The number of nitrogens with zero attached hydrogens (tertiary/aromatic N) is 7. The lowest BCUT2D eigenvalue weighted by Gasteiger charge is -2.40. The van der Waals surface area contributed by atoms with Crippen molar-refractivity contribution < 1.29 is 52.7 Å². The number of hydrogen-bond acceptors (Lipinski definition) is 11. The molecule has 1 heterocycles. The number of nitrogens with one attached hydrogen (secondary N) is 4. The summed E-state index contributed by atoms with van der Waals surface area (Å²) in [6, 6.07) is -11.3. The zero-order chi connectivity index (χ0) is 64.4. The molecule has 22 heteroatoms. The maximum absolute atomic E-state index is 15.1. The minimum Gasteiger partial charge on any atom is -0.343 e. The van der Waals surface area contributed by atoms with Gasteiger partial charge in [0.1, 0.15) is 60.4 Å². The molecule has 0 bridgehead atoms. The lowest BCUT2D eigenvalue weighted by molar-refractivity contribution is -0.155. The first-order valence-electron chi connectivity index (χ1n) is 30.3. The molecule has 11 amide bonds. The third-order valence-corrected chi connectivity index (χ3v) is 15.5. The molecule has 0 spiro atoms. The normalized spacial score (nSPS) is 26.4. The summed E-state index contributed by atoms with van der Waals surface area (Å²) >= 11 is 0. The Labute approximate surface area is 498 Å². The minimum atomic E-state index is -1.21. The van der Waals surface area contributed by atoms with Crippen molar-refractivity contribution >= 4 is 65.0 Å². The van der Waals surface area contributed by atoms with E-state index in [0.717, 1.165) is 0 Å². The van der Waals surface area contributed by atoms with Gasteiger partial charge in [0.25, 0.3) is 0 Å². The first-order chi connectivity index (χ1) is 38.2. The van der Waals surface area contributed by atoms with Crippen LogP contribution in [0.2, 0.25) is 0 Å². The predicted octanol–water partition coefficient (Wildman–Crippen LogP) is 4.13. The van der Waals surface area contributed by atoms with Gasteiger partial charge in [0.15, 0.2) is 0 Å². The molecule has 0 aromatic rings. The molecule has 83 heavy (non-hydrogen) atoms. The Balaban J connectivity index is 4.26. The summed E-state index contributed by atoms with van der Waals surface area (Å²) in [4.78, 5) is 169. The lowest BCUT2D eigenvalue weighted by Crippen LogP contribution is -2.61. The molecule has 0 aliphatic carbocycles. The molecule has 1 aliphatic rings. The highest BCUT2D eigenvalue weighted by molar-refractivity contribution is 5.99. The Bertz CT molecular complexity index is 2220. The lowest BCUT2D eigenvalue weighted by atomic mass is 9.95. The molecule has 0 aromatic carbocycles. The molecule has 1 fully saturated rings. The summed E-state index contributed by atoms with van der Waals surface area (Å²) in [5.41, 5.74) is 0. The van der Waals surface area contributed by atoms with E-state index in [1.807, 2.05) is 90.0 Å². The average molecular weight is 1170 g/mol. The van der Waals surface area contributed by atoms with Crippen molar-refractivity contribution in [2.24, 2.45) is 41.4 Å². The molecule has 476 valence electrons. The van der Waals surface area contributed by atoms with Gasteiger partial charge in [-0.1, -0.05) is 110 Å². The van der Waals surface area contributed by atoms with Crippen LogP contribution in [0.5, 0.6) is 0 Å². The van der Waals surface area contributed by atoms with E-state index in [0.29, 0.717) is 6.42 Å². The fourth-order valence-corrected chi connectivity index (χ4v) is 10.5. The number of carbonyl (C=O) groups is 11. The van der Waals surface area contributed by atoms with Crippen LogP contribution in [-0.4, -0.2) is 216 Å². The van der Waals surface area contributed by atoms with Gasteiger partial charge < -0.3 is 55.6 Å². The summed E-state index contributed by atoms with van der Waals surface area (Å²) in [7, 11) is 10.3. The van der Waals surface area contributed by atoms with Crippen LogP contribution in [0.4, 0.5) is 0 Å². The maximum Gasteiger partial charge on any atom is 0.245 e. The van der Waals surface area contributed by atoms with Gasteiger partial charge in [0.05, 0.1) is 6.54 Å². The van der Waals surface area contributed by atoms with Crippen LogP contribution < -0.4 is 21.3 Å². The minimum absolute atomic E-state index is 0.109. The van der Waals surface area contributed by atoms with Gasteiger partial charge in [-0.2, -0.15) is 0 Å². The maximum atomic E-state index is 15.1. The van der Waals surface area contributed by atoms with E-state index in [-0.39, 0.29) is 80.5 Å². The third kappa shape index (κ3) is 22.3. The van der Waals surface area contributed by atoms with Gasteiger partial charge >= 0.3 is 0 Å². The van der Waals surface area contributed by atoms with Crippen molar-refractivity contribution in [3.05, 3.63) is 0 Å². The van der Waals surface area contributed by atoms with Crippen LogP contribution in [0.1, 0.15) is 169 Å². The van der Waals surface area contributed by atoms with Crippen molar-refractivity contribution in [3.63, 3.8) is 0 Å². The monoisotopic (exact) mass is 1170 g/mol. The standard InChI is InChI=1S/C61H111N11O11/c1-25-26-43-57(79)66(18)33-50(73)67(19)44(27-34(2)3)55(77)65-51(40(14)15)61(83)69(21)45(28-35(4)5)53(75)62-41(16)52(74)63-42(17)56(78)70(22)47(30-37(8)9)59(81)72(24)49(32-39(12)13)60(82)71(23)48(31-38(10)11)58(80)68(20)46(29-36(6)7)54(76)64-43/h34-49,51H,25-33H2,1-24H3,(H,62,75)(H,63,74)(H,64,76)(H,65,77)/t41-,42+,43-,44-,45-,46-,47-,48-,49-,51-/m0/s1. The Kier molecular flexibility index (Phi) is 31.0. The molecule has 0 unspecified atom stereocenters. The molecule has 10 atom stereocenters. The second-order valence-corrected chi connectivity index (χ2v) is 26.4. The van der Waals surface area contributed by atoms with E-state index < -0.39 is 138 Å². The topological polar surface area (TPSA) is 259 Å². The highest BCUT2D eigenvalue weighted by atomic mass is 16.2. The van der Waals surface area contributed by atoms with E-state index in [1.165, 1.54) is 97.5 Å². The van der Waals surface area contributed by atoms with Crippen LogP contribution >= 0.6 is 0 Å². The zero-order valence-electron chi connectivity index (χ0n) is 55.3. The Morgan fingerprint density at radius 3 is 1.02 bits per heavy atom. The smallest absolute Gasteiger partial charge is 0.245 e. The summed E-state index contributed by atoms with van der Waals surface area (Å²) in [6.45, 7) is 30.5. The number of likely N-dealkylation sites (N-methyl/N-ethyl adjacent to an activating group) is 7. The zero-order valence-corrected chi connectivity index (χ0v) is 55.3. The van der Waals surface area contributed by atoms with Crippen molar-refractivity contribution in [2.75, 3.05) is 55.9 Å². The van der Waals surface area contributed by atoms with Gasteiger partial charge in [-0.3, -0.25) is 52.7 Å². The molecule has 1 saturated heterocycles. The number of carbonyl (C=O) groups excluding carboxylic acids is 11. The average Bonchev–Trinajstić information content (AvgIpc) is 3.59. The number of amides is 11. The van der Waals surface area contributed by atoms with Crippen LogP contribution in [0.25, 0.3) is 0 Å². The molecule has 0 aromatic heterocycles. The summed E-state index contributed by atoms with van der Waals surface area (Å²) in [5, 5.41) is 11.2. The number of hydrogen-bond donors (Lipinski definition) is 4. The van der Waals surface area contributed by atoms with Crippen molar-refractivity contribution in [2.45, 2.75) is 229 Å². The SMILES string of the molecule is CCC[C@@H]1NC(=O)[C@H](CC(C)C)N(C)C(=O)[C@H](CC(C)C)N(C)C(=O)[C@H](CC(C)C)N(C)C(=O)[C@H](CC(C)C)N(C)C(=O)[C@@H](C)NC(=O)[C@H](C)NC(=O)[C@H](CC(C)C)N(C)C(=O)[C@H](C(C)C)NC(=O)[C@H](CC(C)C)N(C)C(=O)CN(C)C1=O. The molecule has 0 radical (unpaired) electrons. The van der Waals surface area contributed by atoms with Crippen molar-refractivity contribution in [1.82, 2.24) is 55.6 Å². The third-order valence-electron chi connectivity index (χ3n) is 15.5. The summed E-state index contributed by atoms with van der Waals surface area (Å²) in [5.74, 6) is -7.77. The van der Waals surface area contributed by atoms with Gasteiger partial charge in [-0.05, 0) is 100 Å². The van der Waals surface area contributed by atoms with Crippen LogP contribution in [-0.2, 0) is 52.7 Å².